The van der Waals surface area contributed by atoms with E-state index in [0.29, 0.717) is 11.5 Å². The molecule has 0 fully saturated rings. The van der Waals surface area contributed by atoms with Gasteiger partial charge in [-0.05, 0) is 67.9 Å². The molecule has 1 aliphatic rings. The molecule has 4 aromatic carbocycles. The van der Waals surface area contributed by atoms with Crippen molar-refractivity contribution >= 4 is 29.3 Å². The van der Waals surface area contributed by atoms with Crippen LogP contribution in [0, 0.1) is 19.7 Å². The van der Waals surface area contributed by atoms with Gasteiger partial charge in [-0.1, -0.05) is 65.7 Å². The van der Waals surface area contributed by atoms with Gasteiger partial charge < -0.3 is 15.5 Å². The number of nitrogens with zero attached hydrogens (tertiary/aromatic N) is 3. The summed E-state index contributed by atoms with van der Waals surface area (Å²) in [7, 11) is 0. The van der Waals surface area contributed by atoms with E-state index >= 15 is 0 Å². The van der Waals surface area contributed by atoms with Gasteiger partial charge in [0, 0.05) is 29.3 Å². The Hall–Kier alpha value is -5.17. The van der Waals surface area contributed by atoms with Crippen LogP contribution < -0.4 is 10.6 Å². The van der Waals surface area contributed by atoms with Crippen LogP contribution in [-0.2, 0) is 11.3 Å². The number of hydrogen-bond acceptors (Lipinski definition) is 4. The maximum atomic E-state index is 14.0. The van der Waals surface area contributed by atoms with Crippen molar-refractivity contribution in [3.05, 3.63) is 138 Å². The van der Waals surface area contributed by atoms with Crippen LogP contribution in [0.2, 0.25) is 0 Å². The first-order chi connectivity index (χ1) is 19.9. The Bertz CT molecular complexity index is 1690. The van der Waals surface area contributed by atoms with E-state index in [-0.39, 0.29) is 18.3 Å². The topological polar surface area (TPSA) is 62.2 Å². The highest BCUT2D eigenvalue weighted by Crippen LogP contribution is 2.34. The maximum Gasteiger partial charge on any atom is 0.254 e. The number of aromatic nitrogens is 2. The molecule has 1 aliphatic heterocycles. The minimum absolute atomic E-state index is 0.0985. The Kier molecular flexibility index (Phi) is 7.08. The summed E-state index contributed by atoms with van der Waals surface area (Å²) in [6.45, 7) is 4.35. The Balaban J connectivity index is 1.34. The number of halogens is 1. The zero-order chi connectivity index (χ0) is 28.3. The van der Waals surface area contributed by atoms with Crippen molar-refractivity contribution in [1.82, 2.24) is 14.5 Å². The molecule has 41 heavy (non-hydrogen) atoms. The number of carbonyl (C=O) groups is 1. The molecule has 0 aliphatic carbocycles. The molecule has 204 valence electrons. The summed E-state index contributed by atoms with van der Waals surface area (Å²) in [5.74, 6) is 1.03. The molecular weight excluding hydrogens is 513 g/mol. The summed E-state index contributed by atoms with van der Waals surface area (Å²) in [6, 6.07) is 31.5. The van der Waals surface area contributed by atoms with Crippen LogP contribution >= 0.6 is 0 Å². The first-order valence-corrected chi connectivity index (χ1v) is 13.5. The van der Waals surface area contributed by atoms with Crippen molar-refractivity contribution in [2.75, 3.05) is 10.6 Å². The fourth-order valence-electron chi connectivity index (χ4n) is 4.87. The monoisotopic (exact) mass is 543 g/mol. The number of hydrogen-bond donors (Lipinski definition) is 2. The minimum Gasteiger partial charge on any atom is -0.370 e. The van der Waals surface area contributed by atoms with Crippen molar-refractivity contribution in [2.45, 2.75) is 26.4 Å². The van der Waals surface area contributed by atoms with Gasteiger partial charge in [-0.3, -0.25) is 9.36 Å². The lowest BCUT2D eigenvalue weighted by Crippen LogP contribution is -2.36. The Morgan fingerprint density at radius 3 is 2.10 bits per heavy atom. The lowest BCUT2D eigenvalue weighted by molar-refractivity contribution is -0.130. The molecule has 2 N–H and O–H groups in total. The number of rotatable bonds is 7. The minimum atomic E-state index is -0.591. The number of aryl methyl sites for hydroxylation is 2. The van der Waals surface area contributed by atoms with Crippen LogP contribution in [0.3, 0.4) is 0 Å². The van der Waals surface area contributed by atoms with Crippen LogP contribution in [0.25, 0.3) is 17.5 Å². The summed E-state index contributed by atoms with van der Waals surface area (Å²) in [5.41, 5.74) is 6.40. The van der Waals surface area contributed by atoms with Crippen molar-refractivity contribution in [3.8, 4) is 11.3 Å². The van der Waals surface area contributed by atoms with Crippen LogP contribution in [0.5, 0.6) is 0 Å². The Labute approximate surface area is 238 Å². The summed E-state index contributed by atoms with van der Waals surface area (Å²) in [5, 5.41) is 6.92. The van der Waals surface area contributed by atoms with Gasteiger partial charge in [0.25, 0.3) is 5.91 Å². The second-order valence-electron chi connectivity index (χ2n) is 10.2. The molecule has 0 saturated heterocycles. The molecule has 5 aromatic rings. The first-order valence-electron chi connectivity index (χ1n) is 13.5. The molecule has 0 radical (unpaired) electrons. The summed E-state index contributed by atoms with van der Waals surface area (Å²) in [6.07, 6.45) is 3.64. The number of nitrogens with one attached hydrogen (secondary N) is 2. The van der Waals surface area contributed by atoms with Crippen molar-refractivity contribution in [2.24, 2.45) is 0 Å². The van der Waals surface area contributed by atoms with Gasteiger partial charge in [-0.25, -0.2) is 9.37 Å². The smallest absolute Gasteiger partial charge is 0.254 e. The second-order valence-corrected chi connectivity index (χ2v) is 10.2. The quantitative estimate of drug-likeness (QED) is 0.221. The van der Waals surface area contributed by atoms with Crippen LogP contribution in [0.4, 0.5) is 21.6 Å². The van der Waals surface area contributed by atoms with Crippen LogP contribution in [0.15, 0.2) is 109 Å². The molecule has 6 rings (SSSR count). The van der Waals surface area contributed by atoms with Gasteiger partial charge in [-0.15, -0.1) is 0 Å². The third-order valence-electron chi connectivity index (χ3n) is 7.15. The van der Waals surface area contributed by atoms with Crippen molar-refractivity contribution < 1.29 is 9.18 Å². The molecule has 6 nitrogen and oxygen atoms in total. The number of carbonyl (C=O) groups excluding carboxylic acids is 1. The van der Waals surface area contributed by atoms with E-state index < -0.39 is 6.04 Å². The SMILES string of the molecule is Cc1ccc(Nc2c(-c3ccc(F)cc3)nc3n2C=CN(C(=O)C(Nc2ccc(C)cc2)c2ccccc2)C3)cc1. The second kappa shape index (κ2) is 11.1. The third kappa shape index (κ3) is 5.61. The lowest BCUT2D eigenvalue weighted by atomic mass is 10.0. The third-order valence-corrected chi connectivity index (χ3v) is 7.15. The molecule has 1 amide bonds. The molecule has 7 heteroatoms. The van der Waals surface area contributed by atoms with E-state index in [0.717, 1.165) is 39.4 Å². The predicted octanol–water partition coefficient (Wildman–Crippen LogP) is 7.67. The number of benzene rings is 4. The normalized spacial score (nSPS) is 13.0. The number of anilines is 3. The highest BCUT2D eigenvalue weighted by molar-refractivity contribution is 5.88. The molecule has 0 saturated carbocycles. The molecule has 0 spiro atoms. The van der Waals surface area contributed by atoms with Gasteiger partial charge in [0.2, 0.25) is 0 Å². The average Bonchev–Trinajstić information content (AvgIpc) is 3.35. The Morgan fingerprint density at radius 1 is 0.805 bits per heavy atom. The lowest BCUT2D eigenvalue weighted by Gasteiger charge is -2.28. The molecule has 2 heterocycles. The van der Waals surface area contributed by atoms with Crippen molar-refractivity contribution in [1.29, 1.82) is 0 Å². The highest BCUT2D eigenvalue weighted by atomic mass is 19.1. The largest absolute Gasteiger partial charge is 0.370 e. The number of imidazole rings is 1. The molecule has 1 unspecified atom stereocenters. The zero-order valence-corrected chi connectivity index (χ0v) is 22.9. The van der Waals surface area contributed by atoms with Gasteiger partial charge >= 0.3 is 0 Å². The van der Waals surface area contributed by atoms with Gasteiger partial charge in [0.1, 0.15) is 29.2 Å². The van der Waals surface area contributed by atoms with E-state index in [1.54, 1.807) is 23.2 Å². The van der Waals surface area contributed by atoms with Gasteiger partial charge in [0.05, 0.1) is 6.54 Å². The molecule has 1 atom stereocenters. The Morgan fingerprint density at radius 2 is 1.44 bits per heavy atom. The van der Waals surface area contributed by atoms with Gasteiger partial charge in [0.15, 0.2) is 0 Å². The van der Waals surface area contributed by atoms with E-state index in [1.807, 2.05) is 103 Å². The van der Waals surface area contributed by atoms with E-state index in [4.69, 9.17) is 4.98 Å². The van der Waals surface area contributed by atoms with Crippen LogP contribution in [-0.4, -0.2) is 20.4 Å². The average molecular weight is 544 g/mol. The summed E-state index contributed by atoms with van der Waals surface area (Å²) in [4.78, 5) is 20.6. The maximum absolute atomic E-state index is 14.0. The first kappa shape index (κ1) is 26.1. The summed E-state index contributed by atoms with van der Waals surface area (Å²) >= 11 is 0. The summed E-state index contributed by atoms with van der Waals surface area (Å²) < 4.78 is 15.7. The van der Waals surface area contributed by atoms with E-state index in [2.05, 4.69) is 10.6 Å². The fraction of sp³-hybridized carbons (Fsp3) is 0.118. The molecular formula is C34H30FN5O. The predicted molar refractivity (Wildman–Crippen MR) is 162 cm³/mol. The van der Waals surface area contributed by atoms with E-state index in [1.165, 1.54) is 12.1 Å². The zero-order valence-electron chi connectivity index (χ0n) is 22.9. The fourth-order valence-corrected chi connectivity index (χ4v) is 4.87. The number of fused-ring (bicyclic) bond motifs is 1. The highest BCUT2D eigenvalue weighted by Gasteiger charge is 2.29. The molecule has 0 bridgehead atoms. The van der Waals surface area contributed by atoms with Crippen molar-refractivity contribution in [3.63, 3.8) is 0 Å². The number of amides is 1. The van der Waals surface area contributed by atoms with Gasteiger partial charge in [-0.2, -0.15) is 0 Å². The molecule has 1 aromatic heterocycles. The van der Waals surface area contributed by atoms with Crippen LogP contribution in [0.1, 0.15) is 28.6 Å². The standard InChI is InChI=1S/C34H30FN5O/c1-23-8-16-28(17-9-23)36-32(25-6-4-3-5-7-25)34(41)39-20-21-40-30(22-39)38-31(26-12-14-27(35)15-13-26)33(40)37-29-18-10-24(2)11-19-29/h3-21,32,36-37H,22H2,1-2H3. The van der Waals surface area contributed by atoms with E-state index in [9.17, 15) is 9.18 Å².